The van der Waals surface area contributed by atoms with Gasteiger partial charge in [0.05, 0.1) is 5.56 Å². The second-order valence-electron chi connectivity index (χ2n) is 5.61. The van der Waals surface area contributed by atoms with Crippen LogP contribution < -0.4 is 5.32 Å². The maximum Gasteiger partial charge on any atom is 0.255 e. The number of hydrogen-bond donors (Lipinski definition) is 1. The quantitative estimate of drug-likeness (QED) is 0.911. The fraction of sp³-hybridized carbons (Fsp3) is 0.533. The summed E-state index contributed by atoms with van der Waals surface area (Å²) in [7, 11) is 4.08. The van der Waals surface area contributed by atoms with Gasteiger partial charge in [-0.2, -0.15) is 0 Å². The van der Waals surface area contributed by atoms with Crippen LogP contribution in [-0.2, 0) is 0 Å². The third-order valence-corrected chi connectivity index (χ3v) is 4.91. The highest BCUT2D eigenvalue weighted by molar-refractivity contribution is 9.10. The molecular weight excluding hydrogens is 323 g/mol. The third kappa shape index (κ3) is 3.04. The lowest BCUT2D eigenvalue weighted by molar-refractivity contribution is 0.0895. The van der Waals surface area contributed by atoms with Gasteiger partial charge in [-0.05, 0) is 55.0 Å². The van der Waals surface area contributed by atoms with Gasteiger partial charge in [-0.1, -0.05) is 18.9 Å². The summed E-state index contributed by atoms with van der Waals surface area (Å²) in [5, 5.41) is 2.89. The molecule has 1 amide bonds. The van der Waals surface area contributed by atoms with Crippen LogP contribution in [0.3, 0.4) is 0 Å². The van der Waals surface area contributed by atoms with Gasteiger partial charge < -0.3 is 10.2 Å². The molecule has 20 heavy (non-hydrogen) atoms. The van der Waals surface area contributed by atoms with Crippen LogP contribution in [0.5, 0.6) is 0 Å². The van der Waals surface area contributed by atoms with E-state index in [1.54, 1.807) is 12.1 Å². The second kappa shape index (κ2) is 6.22. The molecule has 1 aliphatic rings. The highest BCUT2D eigenvalue weighted by Gasteiger charge is 2.36. The first kappa shape index (κ1) is 15.4. The third-order valence-electron chi connectivity index (χ3n) is 4.25. The number of nitrogens with one attached hydrogen (secondary N) is 1. The molecule has 0 radical (unpaired) electrons. The van der Waals surface area contributed by atoms with Crippen molar-refractivity contribution in [2.45, 2.75) is 31.2 Å². The molecule has 0 aromatic heterocycles. The largest absolute Gasteiger partial charge is 0.350 e. The lowest BCUT2D eigenvalue weighted by atomic mass is 9.96. The van der Waals surface area contributed by atoms with Gasteiger partial charge in [-0.3, -0.25) is 4.79 Å². The predicted molar refractivity (Wildman–Crippen MR) is 81.3 cm³/mol. The maximum atomic E-state index is 13.8. The molecule has 1 N–H and O–H groups in total. The number of nitrogens with zero attached hydrogens (tertiary/aromatic N) is 1. The highest BCUT2D eigenvalue weighted by atomic mass is 79.9. The van der Waals surface area contributed by atoms with E-state index >= 15 is 0 Å². The molecule has 0 spiro atoms. The topological polar surface area (TPSA) is 32.3 Å². The van der Waals surface area contributed by atoms with Crippen molar-refractivity contribution >= 4 is 21.8 Å². The smallest absolute Gasteiger partial charge is 0.255 e. The molecule has 0 aliphatic heterocycles. The number of carbonyl (C=O) groups is 1. The van der Waals surface area contributed by atoms with E-state index in [1.807, 2.05) is 14.1 Å². The summed E-state index contributed by atoms with van der Waals surface area (Å²) in [4.78, 5) is 14.4. The van der Waals surface area contributed by atoms with E-state index in [2.05, 4.69) is 26.1 Å². The Bertz CT molecular complexity index is 478. The molecule has 5 heteroatoms. The minimum atomic E-state index is -0.498. The molecular formula is C15H20BrFN2O. The van der Waals surface area contributed by atoms with E-state index in [9.17, 15) is 9.18 Å². The number of rotatable bonds is 4. The van der Waals surface area contributed by atoms with Crippen LogP contribution in [0.25, 0.3) is 0 Å². The van der Waals surface area contributed by atoms with E-state index in [-0.39, 0.29) is 17.0 Å². The molecule has 1 saturated carbocycles. The van der Waals surface area contributed by atoms with Crippen LogP contribution in [0.1, 0.15) is 36.0 Å². The minimum Gasteiger partial charge on any atom is -0.350 e. The Morgan fingerprint density at radius 2 is 2.05 bits per heavy atom. The summed E-state index contributed by atoms with van der Waals surface area (Å²) in [5.74, 6) is -0.856. The first-order chi connectivity index (χ1) is 9.46. The Morgan fingerprint density at radius 3 is 2.60 bits per heavy atom. The summed E-state index contributed by atoms with van der Waals surface area (Å²) < 4.78 is 14.2. The Balaban J connectivity index is 2.09. The molecule has 1 aromatic rings. The van der Waals surface area contributed by atoms with Gasteiger partial charge in [-0.25, -0.2) is 4.39 Å². The Hall–Kier alpha value is -0.940. The minimum absolute atomic E-state index is 0.00733. The highest BCUT2D eigenvalue weighted by Crippen LogP contribution is 2.33. The molecule has 1 fully saturated rings. The van der Waals surface area contributed by atoms with Crippen LogP contribution >= 0.6 is 15.9 Å². The predicted octanol–water partition coefficient (Wildman–Crippen LogP) is 3.19. The SMILES string of the molecule is CN(C)C1(CNC(=O)c2c(F)cccc2Br)CCCC1. The average Bonchev–Trinajstić information content (AvgIpc) is 2.86. The molecule has 110 valence electrons. The number of benzene rings is 1. The van der Waals surface area contributed by atoms with E-state index in [1.165, 1.54) is 18.9 Å². The van der Waals surface area contributed by atoms with Crippen molar-refractivity contribution in [2.24, 2.45) is 0 Å². The molecule has 0 heterocycles. The summed E-state index contributed by atoms with van der Waals surface area (Å²) in [6.45, 7) is 0.555. The number of halogens is 2. The van der Waals surface area contributed by atoms with Crippen molar-refractivity contribution < 1.29 is 9.18 Å². The zero-order valence-corrected chi connectivity index (χ0v) is 13.5. The van der Waals surface area contributed by atoms with Gasteiger partial charge in [0.25, 0.3) is 5.91 Å². The standard InChI is InChI=1S/C15H20BrFN2O/c1-19(2)15(8-3-4-9-15)10-18-14(20)13-11(16)6-5-7-12(13)17/h5-7H,3-4,8-10H2,1-2H3,(H,18,20). The van der Waals surface area contributed by atoms with E-state index < -0.39 is 5.82 Å². The van der Waals surface area contributed by atoms with Gasteiger partial charge in [0.1, 0.15) is 5.82 Å². The lowest BCUT2D eigenvalue weighted by Gasteiger charge is -2.36. The van der Waals surface area contributed by atoms with Crippen molar-refractivity contribution in [3.63, 3.8) is 0 Å². The summed E-state index contributed by atoms with van der Waals surface area (Å²) in [6.07, 6.45) is 4.49. The number of amides is 1. The van der Waals surface area contributed by atoms with Crippen LogP contribution in [0.2, 0.25) is 0 Å². The van der Waals surface area contributed by atoms with Crippen LogP contribution in [-0.4, -0.2) is 37.0 Å². The first-order valence-electron chi connectivity index (χ1n) is 6.86. The summed E-state index contributed by atoms with van der Waals surface area (Å²) in [5.41, 5.74) is 0.0901. The number of hydrogen-bond acceptors (Lipinski definition) is 2. The Kier molecular flexibility index (Phi) is 4.81. The Labute approximate surface area is 127 Å². The summed E-state index contributed by atoms with van der Waals surface area (Å²) in [6, 6.07) is 4.56. The van der Waals surface area contributed by atoms with E-state index in [0.717, 1.165) is 12.8 Å². The van der Waals surface area contributed by atoms with Crippen molar-refractivity contribution in [1.82, 2.24) is 10.2 Å². The van der Waals surface area contributed by atoms with Crippen molar-refractivity contribution in [2.75, 3.05) is 20.6 Å². The van der Waals surface area contributed by atoms with Gasteiger partial charge in [-0.15, -0.1) is 0 Å². The molecule has 1 aromatic carbocycles. The van der Waals surface area contributed by atoms with E-state index in [0.29, 0.717) is 11.0 Å². The second-order valence-corrected chi connectivity index (χ2v) is 6.46. The van der Waals surface area contributed by atoms with Gasteiger partial charge in [0, 0.05) is 16.6 Å². The molecule has 0 saturated heterocycles. The van der Waals surface area contributed by atoms with Gasteiger partial charge in [0.15, 0.2) is 0 Å². The molecule has 1 aliphatic carbocycles. The number of likely N-dealkylation sites (N-methyl/N-ethyl adjacent to an activating group) is 1. The maximum absolute atomic E-state index is 13.8. The zero-order valence-electron chi connectivity index (χ0n) is 11.9. The monoisotopic (exact) mass is 342 g/mol. The number of carbonyl (C=O) groups excluding carboxylic acids is 1. The van der Waals surface area contributed by atoms with Crippen molar-refractivity contribution in [3.8, 4) is 0 Å². The lowest BCUT2D eigenvalue weighted by Crippen LogP contribution is -2.50. The van der Waals surface area contributed by atoms with Crippen LogP contribution in [0, 0.1) is 5.82 Å². The molecule has 2 rings (SSSR count). The van der Waals surface area contributed by atoms with Gasteiger partial charge in [0.2, 0.25) is 0 Å². The normalized spacial score (nSPS) is 17.4. The first-order valence-corrected chi connectivity index (χ1v) is 7.65. The van der Waals surface area contributed by atoms with Crippen LogP contribution in [0.4, 0.5) is 4.39 Å². The fourth-order valence-corrected chi connectivity index (χ4v) is 3.39. The van der Waals surface area contributed by atoms with E-state index in [4.69, 9.17) is 0 Å². The molecule has 3 nitrogen and oxygen atoms in total. The van der Waals surface area contributed by atoms with Crippen molar-refractivity contribution in [3.05, 3.63) is 34.1 Å². The molecule has 0 unspecified atom stereocenters. The average molecular weight is 343 g/mol. The fourth-order valence-electron chi connectivity index (χ4n) is 2.86. The Morgan fingerprint density at radius 1 is 1.40 bits per heavy atom. The van der Waals surface area contributed by atoms with Crippen molar-refractivity contribution in [1.29, 1.82) is 0 Å². The summed E-state index contributed by atoms with van der Waals surface area (Å²) >= 11 is 3.23. The molecule has 0 bridgehead atoms. The molecule has 0 atom stereocenters. The van der Waals surface area contributed by atoms with Crippen LogP contribution in [0.15, 0.2) is 22.7 Å². The van der Waals surface area contributed by atoms with Gasteiger partial charge >= 0.3 is 0 Å². The zero-order chi connectivity index (χ0) is 14.8.